The van der Waals surface area contributed by atoms with Gasteiger partial charge in [0.25, 0.3) is 0 Å². The van der Waals surface area contributed by atoms with E-state index in [0.717, 1.165) is 22.6 Å². The Kier molecular flexibility index (Phi) is 8.82. The van der Waals surface area contributed by atoms with Crippen LogP contribution in [0.2, 0.25) is 0 Å². The van der Waals surface area contributed by atoms with E-state index in [2.05, 4.69) is 0 Å². The maximum absolute atomic E-state index is 13.5. The molecule has 2 aliphatic rings. The smallest absolute Gasteiger partial charge is 0.242 e. The number of carbonyl (C=O) groups is 2. The Bertz CT molecular complexity index is 943. The minimum Gasteiger partial charge on any atom is -0.454 e. The number of thiophene rings is 1. The van der Waals surface area contributed by atoms with E-state index in [1.807, 2.05) is 40.6 Å². The highest BCUT2D eigenvalue weighted by molar-refractivity contribution is 7.09. The van der Waals surface area contributed by atoms with Crippen molar-refractivity contribution >= 4 is 23.2 Å². The highest BCUT2D eigenvalue weighted by Crippen LogP contribution is 2.33. The van der Waals surface area contributed by atoms with Crippen LogP contribution in [0, 0.1) is 5.92 Å². The number of methoxy groups -OCH3 is 1. The standard InChI is InChI=1S/C26H34N2O5S/c1-31-13-12-27(25(29)11-9-20-5-2-3-6-20)18-26(30)28(17-22-7-4-14-34-22)16-21-8-10-23-24(15-21)33-19-32-23/h4,7-8,10,14-15,20H,2-3,5-6,9,11-13,16-19H2,1H3. The van der Waals surface area contributed by atoms with Crippen molar-refractivity contribution in [3.05, 3.63) is 46.2 Å². The lowest BCUT2D eigenvalue weighted by Gasteiger charge is -2.28. The van der Waals surface area contributed by atoms with Crippen LogP contribution in [0.15, 0.2) is 35.7 Å². The molecule has 0 N–H and O–H groups in total. The molecule has 184 valence electrons. The molecule has 1 saturated carbocycles. The van der Waals surface area contributed by atoms with Gasteiger partial charge < -0.3 is 24.0 Å². The number of fused-ring (bicyclic) bond motifs is 1. The molecule has 0 spiro atoms. The van der Waals surface area contributed by atoms with Gasteiger partial charge in [0.1, 0.15) is 0 Å². The molecule has 2 amide bonds. The molecule has 0 saturated heterocycles. The minimum atomic E-state index is -0.0728. The van der Waals surface area contributed by atoms with Crippen LogP contribution < -0.4 is 9.47 Å². The van der Waals surface area contributed by atoms with E-state index in [0.29, 0.717) is 44.3 Å². The zero-order chi connectivity index (χ0) is 23.8. The third-order valence-corrected chi connectivity index (χ3v) is 7.44. The minimum absolute atomic E-state index is 0.0384. The summed E-state index contributed by atoms with van der Waals surface area (Å²) in [5, 5.41) is 2.01. The summed E-state index contributed by atoms with van der Waals surface area (Å²) in [7, 11) is 1.62. The number of carbonyl (C=O) groups excluding carboxylic acids is 2. The molecule has 0 radical (unpaired) electrons. The number of nitrogens with zero attached hydrogens (tertiary/aromatic N) is 2. The normalized spacial score (nSPS) is 15.0. The first-order valence-electron chi connectivity index (χ1n) is 12.1. The summed E-state index contributed by atoms with van der Waals surface area (Å²) in [5.41, 5.74) is 0.963. The van der Waals surface area contributed by atoms with Gasteiger partial charge in [-0.05, 0) is 41.5 Å². The molecule has 1 aliphatic carbocycles. The number of hydrogen-bond acceptors (Lipinski definition) is 6. The van der Waals surface area contributed by atoms with Crippen molar-refractivity contribution < 1.29 is 23.8 Å². The molecule has 0 unspecified atom stereocenters. The molecule has 8 heteroatoms. The van der Waals surface area contributed by atoms with Gasteiger partial charge in [0.05, 0.1) is 19.7 Å². The molecule has 1 aliphatic heterocycles. The van der Waals surface area contributed by atoms with E-state index in [-0.39, 0.29) is 25.2 Å². The second kappa shape index (κ2) is 12.2. The molecule has 2 aromatic rings. The zero-order valence-electron chi connectivity index (χ0n) is 19.9. The van der Waals surface area contributed by atoms with E-state index in [9.17, 15) is 9.59 Å². The Morgan fingerprint density at radius 1 is 1.06 bits per heavy atom. The van der Waals surface area contributed by atoms with E-state index >= 15 is 0 Å². The SMILES string of the molecule is COCCN(CC(=O)N(Cc1ccc2c(c1)OCO2)Cc1cccs1)C(=O)CCC1CCCC1. The monoisotopic (exact) mass is 486 g/mol. The summed E-state index contributed by atoms with van der Waals surface area (Å²) in [6.07, 6.45) is 6.37. The lowest BCUT2D eigenvalue weighted by atomic mass is 10.0. The molecule has 2 heterocycles. The van der Waals surface area contributed by atoms with Gasteiger partial charge in [-0.25, -0.2) is 0 Å². The molecule has 4 rings (SSSR count). The van der Waals surface area contributed by atoms with Crippen molar-refractivity contribution in [1.82, 2.24) is 9.80 Å². The maximum Gasteiger partial charge on any atom is 0.242 e. The fourth-order valence-corrected chi connectivity index (χ4v) is 5.34. The molecular weight excluding hydrogens is 452 g/mol. The maximum atomic E-state index is 13.5. The third kappa shape index (κ3) is 6.73. The number of ether oxygens (including phenoxy) is 3. The third-order valence-electron chi connectivity index (χ3n) is 6.58. The van der Waals surface area contributed by atoms with Crippen LogP contribution in [-0.4, -0.2) is 55.2 Å². The highest BCUT2D eigenvalue weighted by Gasteiger charge is 2.24. The summed E-state index contributed by atoms with van der Waals surface area (Å²) in [4.78, 5) is 31.1. The summed E-state index contributed by atoms with van der Waals surface area (Å²) in [6.45, 7) is 2.04. The van der Waals surface area contributed by atoms with Gasteiger partial charge in [-0.2, -0.15) is 0 Å². The van der Waals surface area contributed by atoms with Crippen LogP contribution in [0.1, 0.15) is 49.0 Å². The number of hydrogen-bond donors (Lipinski definition) is 0. The quantitative estimate of drug-likeness (QED) is 0.443. The topological polar surface area (TPSA) is 68.3 Å². The average molecular weight is 487 g/mol. The number of rotatable bonds is 12. The predicted octanol–water partition coefficient (Wildman–Crippen LogP) is 4.45. The first kappa shape index (κ1) is 24.5. The lowest BCUT2D eigenvalue weighted by molar-refractivity contribution is -0.141. The van der Waals surface area contributed by atoms with Crippen molar-refractivity contribution in [3.8, 4) is 11.5 Å². The van der Waals surface area contributed by atoms with Gasteiger partial charge in [0.2, 0.25) is 18.6 Å². The van der Waals surface area contributed by atoms with Crippen molar-refractivity contribution in [1.29, 1.82) is 0 Å². The van der Waals surface area contributed by atoms with Crippen LogP contribution in [0.3, 0.4) is 0 Å². The van der Waals surface area contributed by atoms with Crippen LogP contribution >= 0.6 is 11.3 Å². The summed E-state index contributed by atoms with van der Waals surface area (Å²) in [6, 6.07) is 9.77. The van der Waals surface area contributed by atoms with Crippen LogP contribution in [0.25, 0.3) is 0 Å². The largest absolute Gasteiger partial charge is 0.454 e. The van der Waals surface area contributed by atoms with E-state index in [4.69, 9.17) is 14.2 Å². The zero-order valence-corrected chi connectivity index (χ0v) is 20.7. The fourth-order valence-electron chi connectivity index (χ4n) is 4.62. The number of amides is 2. The first-order valence-corrected chi connectivity index (χ1v) is 13.0. The predicted molar refractivity (Wildman–Crippen MR) is 131 cm³/mol. The highest BCUT2D eigenvalue weighted by atomic mass is 32.1. The summed E-state index contributed by atoms with van der Waals surface area (Å²) >= 11 is 1.62. The molecule has 1 aromatic heterocycles. The Labute approximate surface area is 205 Å². The van der Waals surface area contributed by atoms with Crippen molar-refractivity contribution in [2.75, 3.05) is 33.6 Å². The molecule has 0 bridgehead atoms. The van der Waals surface area contributed by atoms with Crippen LogP contribution in [0.4, 0.5) is 0 Å². The van der Waals surface area contributed by atoms with E-state index < -0.39 is 0 Å². The Morgan fingerprint density at radius 2 is 1.88 bits per heavy atom. The van der Waals surface area contributed by atoms with Crippen molar-refractivity contribution in [3.63, 3.8) is 0 Å². The molecule has 1 fully saturated rings. The van der Waals surface area contributed by atoms with Gasteiger partial charge in [0, 0.05) is 31.5 Å². The lowest BCUT2D eigenvalue weighted by Crippen LogP contribution is -2.43. The van der Waals surface area contributed by atoms with Crippen LogP contribution in [-0.2, 0) is 27.4 Å². The second-order valence-corrected chi connectivity index (χ2v) is 10.0. The summed E-state index contributed by atoms with van der Waals surface area (Å²) < 4.78 is 16.1. The summed E-state index contributed by atoms with van der Waals surface area (Å²) in [5.74, 6) is 2.03. The molecule has 0 atom stereocenters. The van der Waals surface area contributed by atoms with E-state index in [1.54, 1.807) is 23.3 Å². The molecule has 34 heavy (non-hydrogen) atoms. The van der Waals surface area contributed by atoms with Gasteiger partial charge in [-0.15, -0.1) is 11.3 Å². The van der Waals surface area contributed by atoms with Gasteiger partial charge in [-0.3, -0.25) is 9.59 Å². The Morgan fingerprint density at radius 3 is 2.65 bits per heavy atom. The van der Waals surface area contributed by atoms with Crippen molar-refractivity contribution in [2.45, 2.75) is 51.6 Å². The van der Waals surface area contributed by atoms with Gasteiger partial charge in [-0.1, -0.05) is 37.8 Å². The fraction of sp³-hybridized carbons (Fsp3) is 0.538. The molecular formula is C26H34N2O5S. The second-order valence-electron chi connectivity index (χ2n) is 9.01. The Hall–Kier alpha value is -2.58. The van der Waals surface area contributed by atoms with Crippen molar-refractivity contribution in [2.24, 2.45) is 5.92 Å². The first-order chi connectivity index (χ1) is 16.6. The number of benzene rings is 1. The molecule has 7 nitrogen and oxygen atoms in total. The molecule has 1 aromatic carbocycles. The van der Waals surface area contributed by atoms with Gasteiger partial charge in [0.15, 0.2) is 11.5 Å². The Balaban J connectivity index is 1.43. The average Bonchev–Trinajstić information content (AvgIpc) is 3.62. The van der Waals surface area contributed by atoms with Gasteiger partial charge >= 0.3 is 0 Å². The van der Waals surface area contributed by atoms with E-state index in [1.165, 1.54) is 25.7 Å². The van der Waals surface area contributed by atoms with Crippen LogP contribution in [0.5, 0.6) is 11.5 Å².